The fraction of sp³-hybridized carbons (Fsp3) is 0.500. The number of rotatable bonds is 8. The van der Waals surface area contributed by atoms with E-state index >= 15 is 0 Å². The number of fused-ring (bicyclic) bond motifs is 1. The van der Waals surface area contributed by atoms with Gasteiger partial charge < -0.3 is 10.4 Å². The van der Waals surface area contributed by atoms with Crippen LogP contribution in [0.25, 0.3) is 0 Å². The number of amides is 1. The highest BCUT2D eigenvalue weighted by atomic mass is 35.5. The van der Waals surface area contributed by atoms with Crippen LogP contribution < -0.4 is 10.0 Å². The van der Waals surface area contributed by atoms with Gasteiger partial charge in [0, 0.05) is 11.6 Å². The van der Waals surface area contributed by atoms with Crippen molar-refractivity contribution >= 4 is 39.1 Å². The van der Waals surface area contributed by atoms with Crippen LogP contribution in [0.4, 0.5) is 13.2 Å². The average Bonchev–Trinajstić information content (AvgIpc) is 2.85. The summed E-state index contributed by atoms with van der Waals surface area (Å²) >= 11 is 11.5. The molecule has 0 radical (unpaired) electrons. The van der Waals surface area contributed by atoms with Gasteiger partial charge in [0.25, 0.3) is 0 Å². The molecule has 4 rings (SSSR count). The van der Waals surface area contributed by atoms with Crippen molar-refractivity contribution < 1.29 is 31.5 Å². The fourth-order valence-electron chi connectivity index (χ4n) is 5.15. The van der Waals surface area contributed by atoms with Crippen molar-refractivity contribution in [1.82, 2.24) is 14.9 Å². The van der Waals surface area contributed by atoms with Gasteiger partial charge in [0.2, 0.25) is 15.9 Å². The number of nitrogens with zero attached hydrogens (tertiary/aromatic N) is 1. The number of hydrogen-bond donors (Lipinski definition) is 3. The van der Waals surface area contributed by atoms with Crippen LogP contribution in [-0.2, 0) is 27.8 Å². The third kappa shape index (κ3) is 7.58. The summed E-state index contributed by atoms with van der Waals surface area (Å²) in [5.41, 5.74) is 3.08. The van der Waals surface area contributed by atoms with Crippen LogP contribution in [0.1, 0.15) is 61.3 Å². The van der Waals surface area contributed by atoms with Crippen LogP contribution in [0.5, 0.6) is 5.75 Å². The van der Waals surface area contributed by atoms with E-state index in [1.54, 1.807) is 0 Å². The molecule has 1 heterocycles. The highest BCUT2D eigenvalue weighted by Crippen LogP contribution is 2.36. The van der Waals surface area contributed by atoms with Gasteiger partial charge in [-0.3, -0.25) is 9.69 Å². The molecule has 1 aliphatic carbocycles. The summed E-state index contributed by atoms with van der Waals surface area (Å²) in [6.07, 6.45) is -0.531. The Bertz CT molecular complexity index is 1320. The molecule has 1 saturated heterocycles. The van der Waals surface area contributed by atoms with Gasteiger partial charge in [0.1, 0.15) is 10.9 Å². The van der Waals surface area contributed by atoms with Crippen molar-refractivity contribution in [2.45, 2.75) is 74.6 Å². The first-order chi connectivity index (χ1) is 18.3. The van der Waals surface area contributed by atoms with Gasteiger partial charge in [-0.1, -0.05) is 47.8 Å². The van der Waals surface area contributed by atoms with E-state index < -0.39 is 56.3 Å². The Morgan fingerprint density at radius 3 is 2.51 bits per heavy atom. The van der Waals surface area contributed by atoms with E-state index in [-0.39, 0.29) is 5.02 Å². The monoisotopic (exact) mass is 607 g/mol. The van der Waals surface area contributed by atoms with Crippen LogP contribution in [0.2, 0.25) is 10.0 Å². The number of alkyl halides is 3. The largest absolute Gasteiger partial charge is 0.505 e. The van der Waals surface area contributed by atoms with Gasteiger partial charge in [-0.2, -0.15) is 17.9 Å². The number of piperidine rings is 1. The first kappa shape index (κ1) is 29.9. The highest BCUT2D eigenvalue weighted by molar-refractivity contribution is 7.89. The van der Waals surface area contributed by atoms with Crippen LogP contribution >= 0.6 is 23.2 Å². The Morgan fingerprint density at radius 1 is 1.10 bits per heavy atom. The Morgan fingerprint density at radius 2 is 1.82 bits per heavy atom. The van der Waals surface area contributed by atoms with Crippen LogP contribution in [0.15, 0.2) is 35.2 Å². The number of carbonyl (C=O) groups excluding carboxylic acids is 1. The molecule has 0 bridgehead atoms. The van der Waals surface area contributed by atoms with Gasteiger partial charge in [-0.25, -0.2) is 8.42 Å². The molecule has 0 spiro atoms. The maximum absolute atomic E-state index is 13.8. The molecule has 1 fully saturated rings. The number of phenols is 1. The lowest BCUT2D eigenvalue weighted by Crippen LogP contribution is -2.48. The van der Waals surface area contributed by atoms with Gasteiger partial charge in [0.15, 0.2) is 5.75 Å². The number of aromatic hydroxyl groups is 1. The Kier molecular flexibility index (Phi) is 9.37. The summed E-state index contributed by atoms with van der Waals surface area (Å²) in [4.78, 5) is 14.2. The first-order valence-corrected chi connectivity index (χ1v) is 15.0. The third-order valence-corrected chi connectivity index (χ3v) is 9.07. The average molecular weight is 609 g/mol. The molecule has 7 nitrogen and oxygen atoms in total. The van der Waals surface area contributed by atoms with Gasteiger partial charge >= 0.3 is 6.18 Å². The number of carbonyl (C=O) groups is 1. The van der Waals surface area contributed by atoms with Crippen molar-refractivity contribution in [3.05, 3.63) is 57.1 Å². The van der Waals surface area contributed by atoms with Gasteiger partial charge in [-0.15, -0.1) is 0 Å². The number of phenolic OH excluding ortho intramolecular Hbond substituents is 1. The van der Waals surface area contributed by atoms with E-state index in [0.29, 0.717) is 6.42 Å². The quantitative estimate of drug-likeness (QED) is 0.369. The number of benzene rings is 2. The Balaban J connectivity index is 1.46. The van der Waals surface area contributed by atoms with Crippen molar-refractivity contribution in [1.29, 1.82) is 0 Å². The molecule has 2 atom stereocenters. The lowest BCUT2D eigenvalue weighted by atomic mass is 9.86. The lowest BCUT2D eigenvalue weighted by Gasteiger charge is -2.30. The summed E-state index contributed by atoms with van der Waals surface area (Å²) in [5.74, 6) is -1.90. The summed E-state index contributed by atoms with van der Waals surface area (Å²) < 4.78 is 68.3. The molecule has 3 N–H and O–H groups in total. The molecule has 39 heavy (non-hydrogen) atoms. The molecule has 214 valence electrons. The van der Waals surface area contributed by atoms with Crippen LogP contribution in [-0.4, -0.2) is 49.6 Å². The maximum atomic E-state index is 13.8. The van der Waals surface area contributed by atoms with E-state index in [1.807, 2.05) is 12.1 Å². The zero-order chi connectivity index (χ0) is 28.4. The summed E-state index contributed by atoms with van der Waals surface area (Å²) in [6, 6.07) is 4.63. The smallest absolute Gasteiger partial charge is 0.405 e. The number of likely N-dealkylation sites (tertiary alicyclic amines) is 1. The second-order valence-corrected chi connectivity index (χ2v) is 12.6. The van der Waals surface area contributed by atoms with Crippen molar-refractivity contribution in [2.24, 2.45) is 0 Å². The minimum Gasteiger partial charge on any atom is -0.505 e. The molecule has 1 amide bonds. The van der Waals surface area contributed by atoms with E-state index in [0.717, 1.165) is 55.7 Å². The third-order valence-electron chi connectivity index (χ3n) is 7.08. The maximum Gasteiger partial charge on any atom is 0.405 e. The van der Waals surface area contributed by atoms with E-state index in [4.69, 9.17) is 23.2 Å². The molecule has 2 aromatic rings. The number of halogens is 5. The van der Waals surface area contributed by atoms with Crippen molar-refractivity contribution in [2.75, 3.05) is 13.1 Å². The molecule has 0 aromatic heterocycles. The topological polar surface area (TPSA) is 98.7 Å². The number of aryl methyl sites for hydroxylation is 1. The van der Waals surface area contributed by atoms with Gasteiger partial charge in [-0.05, 0) is 74.0 Å². The number of sulfonamides is 1. The Labute approximate surface area is 235 Å². The van der Waals surface area contributed by atoms with Crippen molar-refractivity contribution in [3.8, 4) is 5.75 Å². The highest BCUT2D eigenvalue weighted by Gasteiger charge is 2.44. The minimum atomic E-state index is -5.09. The van der Waals surface area contributed by atoms with Crippen LogP contribution in [0, 0.1) is 0 Å². The molecule has 13 heteroatoms. The predicted molar refractivity (Wildman–Crippen MR) is 142 cm³/mol. The molecule has 2 aliphatic rings. The van der Waals surface area contributed by atoms with E-state index in [1.165, 1.54) is 29.5 Å². The van der Waals surface area contributed by atoms with E-state index in [2.05, 4.69) is 16.3 Å². The summed E-state index contributed by atoms with van der Waals surface area (Å²) in [6.45, 7) is 2.96. The van der Waals surface area contributed by atoms with Crippen LogP contribution in [0.3, 0.4) is 0 Å². The Hall–Kier alpha value is -2.05. The van der Waals surface area contributed by atoms with E-state index in [9.17, 15) is 31.5 Å². The zero-order valence-electron chi connectivity index (χ0n) is 21.0. The lowest BCUT2D eigenvalue weighted by molar-refractivity contribution is -0.158. The standard InChI is InChI=1S/C26H30Cl2F3N3O4S/c27-18-12-20(28)25(36)22(13-18)39(37,38)33-23(26(29,30)31)14-24(35)32-21-6-4-5-17-11-16(7-8-19(17)21)15-34-9-2-1-3-10-34/h7-8,11-13,21,23,33,36H,1-6,9-10,14-15H2,(H,32,35)/t21-,23+/m1/s1. The fourth-order valence-corrected chi connectivity index (χ4v) is 7.13. The minimum absolute atomic E-state index is 0.200. The molecule has 2 aromatic carbocycles. The summed E-state index contributed by atoms with van der Waals surface area (Å²) in [7, 11) is -4.94. The van der Waals surface area contributed by atoms with Crippen molar-refractivity contribution in [3.63, 3.8) is 0 Å². The molecular weight excluding hydrogens is 578 g/mol. The molecular formula is C26H30Cl2F3N3O4S. The number of nitrogens with one attached hydrogen (secondary N) is 2. The first-order valence-electron chi connectivity index (χ1n) is 12.7. The second kappa shape index (κ2) is 12.2. The number of hydrogen-bond acceptors (Lipinski definition) is 5. The molecule has 0 saturated carbocycles. The molecule has 1 aliphatic heterocycles. The SMILES string of the molecule is O=C(C[C@H](NS(=O)(=O)c1cc(Cl)cc(Cl)c1O)C(F)(F)F)N[C@@H]1CCCc2cc(CN3CCCCC3)ccc21. The summed E-state index contributed by atoms with van der Waals surface area (Å²) in [5, 5.41) is 12.0. The predicted octanol–water partition coefficient (Wildman–Crippen LogP) is 5.48. The normalized spacial score (nSPS) is 19.4. The molecule has 0 unspecified atom stereocenters. The second-order valence-electron chi connectivity index (χ2n) is 10.0. The zero-order valence-corrected chi connectivity index (χ0v) is 23.4. The van der Waals surface area contributed by atoms with Gasteiger partial charge in [0.05, 0.1) is 17.5 Å².